The van der Waals surface area contributed by atoms with Gasteiger partial charge in [-0.1, -0.05) is 23.7 Å². The molecule has 26 heavy (non-hydrogen) atoms. The van der Waals surface area contributed by atoms with Crippen molar-refractivity contribution in [2.24, 2.45) is 0 Å². The first-order chi connectivity index (χ1) is 12.3. The third-order valence-corrected chi connectivity index (χ3v) is 3.90. The molecule has 1 aromatic heterocycles. The van der Waals surface area contributed by atoms with Crippen LogP contribution in [0.15, 0.2) is 67.0 Å². The Labute approximate surface area is 152 Å². The quantitative estimate of drug-likeness (QED) is 0.639. The van der Waals surface area contributed by atoms with Crippen molar-refractivity contribution in [2.45, 2.75) is 6.18 Å². The van der Waals surface area contributed by atoms with E-state index >= 15 is 0 Å². The summed E-state index contributed by atoms with van der Waals surface area (Å²) < 4.78 is 38.0. The van der Waals surface area contributed by atoms with Gasteiger partial charge in [-0.05, 0) is 48.0 Å². The Morgan fingerprint density at radius 3 is 2.19 bits per heavy atom. The van der Waals surface area contributed by atoms with Gasteiger partial charge in [-0.2, -0.15) is 13.2 Å². The van der Waals surface area contributed by atoms with E-state index in [0.717, 1.165) is 12.1 Å². The van der Waals surface area contributed by atoms with Crippen LogP contribution in [0.25, 0.3) is 11.1 Å². The first-order valence-corrected chi connectivity index (χ1v) is 7.90. The lowest BCUT2D eigenvalue weighted by Gasteiger charge is -2.09. The van der Waals surface area contributed by atoms with Gasteiger partial charge in [0.15, 0.2) is 0 Å². The Morgan fingerprint density at radius 1 is 0.923 bits per heavy atom. The number of hydrogen-bond donors (Lipinski definition) is 1. The number of aromatic nitrogens is 1. The molecule has 0 fully saturated rings. The van der Waals surface area contributed by atoms with Crippen molar-refractivity contribution in [3.8, 4) is 11.1 Å². The van der Waals surface area contributed by atoms with E-state index in [9.17, 15) is 18.0 Å². The molecule has 1 heterocycles. The van der Waals surface area contributed by atoms with Crippen molar-refractivity contribution in [1.29, 1.82) is 0 Å². The van der Waals surface area contributed by atoms with E-state index in [4.69, 9.17) is 11.6 Å². The Hall–Kier alpha value is -2.86. The predicted molar refractivity (Wildman–Crippen MR) is 94.1 cm³/mol. The summed E-state index contributed by atoms with van der Waals surface area (Å²) >= 11 is 5.80. The third kappa shape index (κ3) is 4.21. The zero-order chi connectivity index (χ0) is 18.7. The van der Waals surface area contributed by atoms with Crippen molar-refractivity contribution in [2.75, 3.05) is 5.32 Å². The Morgan fingerprint density at radius 2 is 1.58 bits per heavy atom. The van der Waals surface area contributed by atoms with Crippen LogP contribution in [0, 0.1) is 0 Å². The molecule has 7 heteroatoms. The summed E-state index contributed by atoms with van der Waals surface area (Å²) in [5.41, 5.74) is 1.21. The van der Waals surface area contributed by atoms with Crippen molar-refractivity contribution < 1.29 is 18.0 Å². The smallest absolute Gasteiger partial charge is 0.322 e. The second-order valence-corrected chi connectivity index (χ2v) is 5.93. The van der Waals surface area contributed by atoms with Crippen LogP contribution < -0.4 is 5.32 Å². The van der Waals surface area contributed by atoms with E-state index in [0.29, 0.717) is 21.8 Å². The zero-order valence-electron chi connectivity index (χ0n) is 13.2. The predicted octanol–water partition coefficient (Wildman–Crippen LogP) is 5.67. The van der Waals surface area contributed by atoms with Crippen molar-refractivity contribution in [3.63, 3.8) is 0 Å². The van der Waals surface area contributed by atoms with Gasteiger partial charge in [0.2, 0.25) is 0 Å². The van der Waals surface area contributed by atoms with Gasteiger partial charge < -0.3 is 5.32 Å². The minimum Gasteiger partial charge on any atom is -0.322 e. The summed E-state index contributed by atoms with van der Waals surface area (Å²) in [4.78, 5) is 16.3. The van der Waals surface area contributed by atoms with Gasteiger partial charge in [0.25, 0.3) is 5.91 Å². The van der Waals surface area contributed by atoms with Gasteiger partial charge in [-0.3, -0.25) is 9.78 Å². The first kappa shape index (κ1) is 17.9. The van der Waals surface area contributed by atoms with Crippen LogP contribution in [0.5, 0.6) is 0 Å². The number of carbonyl (C=O) groups excluding carboxylic acids is 1. The highest BCUT2D eigenvalue weighted by molar-refractivity contribution is 6.30. The number of anilines is 1. The fraction of sp³-hybridized carbons (Fsp3) is 0.0526. The van der Waals surface area contributed by atoms with Crippen LogP contribution in [0.1, 0.15) is 15.9 Å². The number of halogens is 4. The lowest BCUT2D eigenvalue weighted by atomic mass is 10.0. The second kappa shape index (κ2) is 7.17. The highest BCUT2D eigenvalue weighted by Crippen LogP contribution is 2.31. The second-order valence-electron chi connectivity index (χ2n) is 5.50. The third-order valence-electron chi connectivity index (χ3n) is 3.65. The summed E-state index contributed by atoms with van der Waals surface area (Å²) in [5.74, 6) is -0.381. The molecule has 0 saturated carbocycles. The Kier molecular flexibility index (Phi) is 4.95. The molecule has 0 aliphatic rings. The normalized spacial score (nSPS) is 11.2. The number of carbonyl (C=O) groups is 1. The summed E-state index contributed by atoms with van der Waals surface area (Å²) in [6.45, 7) is 0. The molecule has 0 bridgehead atoms. The van der Waals surface area contributed by atoms with Gasteiger partial charge in [0.05, 0.1) is 11.1 Å². The SMILES string of the molecule is O=C(Nc1ccc(Cl)cc1)c1cncc(-c2ccc(C(F)(F)F)cc2)c1. The molecule has 3 nitrogen and oxygen atoms in total. The number of amides is 1. The van der Waals surface area contributed by atoms with Crippen LogP contribution in [-0.4, -0.2) is 10.9 Å². The highest BCUT2D eigenvalue weighted by Gasteiger charge is 2.29. The van der Waals surface area contributed by atoms with Crippen molar-refractivity contribution in [1.82, 2.24) is 4.98 Å². The molecule has 0 unspecified atom stereocenters. The average Bonchev–Trinajstić information content (AvgIpc) is 2.63. The zero-order valence-corrected chi connectivity index (χ0v) is 14.0. The molecule has 0 saturated heterocycles. The molecule has 1 N–H and O–H groups in total. The van der Waals surface area contributed by atoms with E-state index in [2.05, 4.69) is 10.3 Å². The molecule has 132 valence electrons. The summed E-state index contributed by atoms with van der Waals surface area (Å²) in [6, 6.07) is 12.9. The molecule has 3 aromatic rings. The molecule has 0 spiro atoms. The number of hydrogen-bond acceptors (Lipinski definition) is 2. The number of rotatable bonds is 3. The minimum absolute atomic E-state index is 0.289. The lowest BCUT2D eigenvalue weighted by Crippen LogP contribution is -2.12. The van der Waals surface area contributed by atoms with Crippen LogP contribution in [0.2, 0.25) is 5.02 Å². The fourth-order valence-corrected chi connectivity index (χ4v) is 2.44. The molecule has 0 radical (unpaired) electrons. The van der Waals surface area contributed by atoms with E-state index < -0.39 is 11.7 Å². The first-order valence-electron chi connectivity index (χ1n) is 7.52. The number of benzene rings is 2. The number of nitrogens with one attached hydrogen (secondary N) is 1. The van der Waals surface area contributed by atoms with Crippen LogP contribution in [0.4, 0.5) is 18.9 Å². The number of nitrogens with zero attached hydrogens (tertiary/aromatic N) is 1. The monoisotopic (exact) mass is 376 g/mol. The molecular weight excluding hydrogens is 365 g/mol. The standard InChI is InChI=1S/C19H12ClF3N2O/c20-16-5-7-17(8-6-16)25-18(26)14-9-13(10-24-11-14)12-1-3-15(4-2-12)19(21,22)23/h1-11H,(H,25,26). The van der Waals surface area contributed by atoms with Gasteiger partial charge >= 0.3 is 6.18 Å². The van der Waals surface area contributed by atoms with Crippen LogP contribution in [0.3, 0.4) is 0 Å². The van der Waals surface area contributed by atoms with Gasteiger partial charge in [-0.15, -0.1) is 0 Å². The largest absolute Gasteiger partial charge is 0.416 e. The number of alkyl halides is 3. The fourth-order valence-electron chi connectivity index (χ4n) is 2.31. The van der Waals surface area contributed by atoms with E-state index in [1.165, 1.54) is 24.5 Å². The molecule has 3 rings (SSSR count). The molecule has 0 aliphatic carbocycles. The maximum Gasteiger partial charge on any atom is 0.416 e. The topological polar surface area (TPSA) is 42.0 Å². The summed E-state index contributed by atoms with van der Waals surface area (Å²) in [6.07, 6.45) is -1.52. The van der Waals surface area contributed by atoms with Crippen LogP contribution >= 0.6 is 11.6 Å². The average molecular weight is 377 g/mol. The molecule has 0 atom stereocenters. The Bertz CT molecular complexity index is 923. The molecule has 0 aliphatic heterocycles. The molecule has 1 amide bonds. The van der Waals surface area contributed by atoms with Gasteiger partial charge in [-0.25, -0.2) is 0 Å². The minimum atomic E-state index is -4.39. The maximum absolute atomic E-state index is 12.7. The van der Waals surface area contributed by atoms with E-state index in [1.807, 2.05) is 0 Å². The number of pyridine rings is 1. The Balaban J connectivity index is 1.81. The summed E-state index contributed by atoms with van der Waals surface area (Å²) in [5, 5.41) is 3.26. The molecule has 2 aromatic carbocycles. The molecular formula is C19H12ClF3N2O. The lowest BCUT2D eigenvalue weighted by molar-refractivity contribution is -0.137. The van der Waals surface area contributed by atoms with Crippen LogP contribution in [-0.2, 0) is 6.18 Å². The van der Waals surface area contributed by atoms with Gasteiger partial charge in [0, 0.05) is 28.7 Å². The summed E-state index contributed by atoms with van der Waals surface area (Å²) in [7, 11) is 0. The van der Waals surface area contributed by atoms with E-state index in [-0.39, 0.29) is 11.5 Å². The highest BCUT2D eigenvalue weighted by atomic mass is 35.5. The maximum atomic E-state index is 12.7. The van der Waals surface area contributed by atoms with Gasteiger partial charge in [0.1, 0.15) is 0 Å². The van der Waals surface area contributed by atoms with Crippen molar-refractivity contribution >= 4 is 23.2 Å². The van der Waals surface area contributed by atoms with E-state index in [1.54, 1.807) is 30.3 Å². The van der Waals surface area contributed by atoms with Crippen molar-refractivity contribution in [3.05, 3.63) is 83.1 Å².